The first kappa shape index (κ1) is 14.7. The Labute approximate surface area is 123 Å². The fourth-order valence-corrected chi connectivity index (χ4v) is 6.56. The van der Waals surface area contributed by atoms with Gasteiger partial charge in [0, 0.05) is 5.54 Å². The molecule has 0 heterocycles. The van der Waals surface area contributed by atoms with Gasteiger partial charge in [-0.2, -0.15) is 0 Å². The van der Waals surface area contributed by atoms with Gasteiger partial charge in [-0.15, -0.1) is 5.73 Å². The third kappa shape index (κ3) is 3.42. The van der Waals surface area contributed by atoms with Crippen molar-refractivity contribution >= 4 is 24.9 Å². The lowest BCUT2D eigenvalue weighted by atomic mass is 9.89. The second kappa shape index (κ2) is 6.61. The Bertz CT molecular complexity index is 463. The van der Waals surface area contributed by atoms with Gasteiger partial charge in [-0.3, -0.25) is 0 Å². The average Bonchev–Trinajstić information content (AvgIpc) is 2.46. The molecule has 0 amide bonds. The fraction of sp³-hybridized carbons (Fsp3) is 0.471. The molecule has 0 radical (unpaired) electrons. The molecule has 0 saturated heterocycles. The van der Waals surface area contributed by atoms with Crippen molar-refractivity contribution in [3.8, 4) is 0 Å². The van der Waals surface area contributed by atoms with Crippen LogP contribution < -0.4 is 5.19 Å². The molecule has 0 bridgehead atoms. The van der Waals surface area contributed by atoms with Crippen LogP contribution in [0.4, 0.5) is 0 Å². The van der Waals surface area contributed by atoms with Crippen LogP contribution in [-0.4, -0.2) is 8.07 Å². The van der Waals surface area contributed by atoms with Crippen molar-refractivity contribution in [2.75, 3.05) is 0 Å². The third-order valence-corrected chi connectivity index (χ3v) is 8.18. The molecule has 1 aliphatic carbocycles. The summed E-state index contributed by atoms with van der Waals surface area (Å²) in [5.74, 6) is 0.700. The van der Waals surface area contributed by atoms with Crippen molar-refractivity contribution in [3.05, 3.63) is 46.8 Å². The molecule has 1 fully saturated rings. The highest BCUT2D eigenvalue weighted by molar-refractivity contribution is 6.95. The first-order valence-corrected chi connectivity index (χ1v) is 10.7. The highest BCUT2D eigenvalue weighted by Crippen LogP contribution is 2.34. The minimum absolute atomic E-state index is 0.700. The van der Waals surface area contributed by atoms with E-state index in [0.717, 1.165) is 0 Å². The quantitative estimate of drug-likeness (QED) is 0.543. The zero-order chi connectivity index (χ0) is 13.7. The number of hydrogen-bond acceptors (Lipinski definition) is 0. The van der Waals surface area contributed by atoms with Crippen LogP contribution in [0.5, 0.6) is 0 Å². The molecule has 0 nitrogen and oxygen atoms in total. The summed E-state index contributed by atoms with van der Waals surface area (Å²) in [7, 11) is -1.63. The second-order valence-electron chi connectivity index (χ2n) is 5.99. The Morgan fingerprint density at radius 1 is 1.16 bits per heavy atom. The number of hydrogen-bond donors (Lipinski definition) is 0. The molecular formula is C17H23ClSi. The maximum atomic E-state index is 5.87. The van der Waals surface area contributed by atoms with E-state index >= 15 is 0 Å². The summed E-state index contributed by atoms with van der Waals surface area (Å²) in [5, 5.41) is 3.00. The largest absolute Gasteiger partial charge is 0.117 e. The summed E-state index contributed by atoms with van der Waals surface area (Å²) in [6.07, 6.45) is 6.74. The highest BCUT2D eigenvalue weighted by atomic mass is 35.5. The second-order valence-corrected chi connectivity index (χ2v) is 10.6. The van der Waals surface area contributed by atoms with Gasteiger partial charge in [-0.05, 0) is 24.0 Å². The van der Waals surface area contributed by atoms with E-state index in [4.69, 9.17) is 11.6 Å². The number of benzene rings is 1. The van der Waals surface area contributed by atoms with E-state index in [0.29, 0.717) is 5.92 Å². The topological polar surface area (TPSA) is 0 Å². The van der Waals surface area contributed by atoms with Gasteiger partial charge in [0.25, 0.3) is 0 Å². The van der Waals surface area contributed by atoms with Gasteiger partial charge in [-0.1, -0.05) is 79.5 Å². The van der Waals surface area contributed by atoms with E-state index in [9.17, 15) is 0 Å². The van der Waals surface area contributed by atoms with E-state index in [1.807, 2.05) is 0 Å². The summed E-state index contributed by atoms with van der Waals surface area (Å²) in [6.45, 7) is 4.86. The zero-order valence-electron chi connectivity index (χ0n) is 12.0. The van der Waals surface area contributed by atoms with E-state index < -0.39 is 8.07 Å². The van der Waals surface area contributed by atoms with Gasteiger partial charge in [-0.25, -0.2) is 0 Å². The Balaban J connectivity index is 2.36. The highest BCUT2D eigenvalue weighted by Gasteiger charge is 2.33. The molecule has 0 N–H and O–H groups in total. The molecule has 1 saturated carbocycles. The van der Waals surface area contributed by atoms with Crippen molar-refractivity contribution in [3.63, 3.8) is 0 Å². The van der Waals surface area contributed by atoms with E-state index in [-0.39, 0.29) is 0 Å². The molecule has 0 spiro atoms. The van der Waals surface area contributed by atoms with Crippen LogP contribution in [0.15, 0.2) is 46.8 Å². The van der Waals surface area contributed by atoms with Crippen LogP contribution in [0.25, 0.3) is 0 Å². The minimum Gasteiger partial charge on any atom is -0.113 e. The van der Waals surface area contributed by atoms with Gasteiger partial charge >= 0.3 is 0 Å². The Kier molecular flexibility index (Phi) is 5.10. The summed E-state index contributed by atoms with van der Waals surface area (Å²) in [4.78, 5) is 0. The Morgan fingerprint density at radius 2 is 1.79 bits per heavy atom. The van der Waals surface area contributed by atoms with Crippen LogP contribution in [0.1, 0.15) is 32.1 Å². The maximum absolute atomic E-state index is 5.87. The van der Waals surface area contributed by atoms with Crippen LogP contribution in [-0.2, 0) is 0 Å². The standard InChI is InChI=1S/C17H23ClSi/c1-19(2,16-11-7-4-8-12-16)17(13-14-18)15-9-5-3-6-10-15/h4,7-8,11-12,14-15H,3,5-6,9-10H2,1-2H3. The van der Waals surface area contributed by atoms with Crippen molar-refractivity contribution in [1.82, 2.24) is 0 Å². The first-order chi connectivity index (χ1) is 9.16. The maximum Gasteiger partial charge on any atom is 0.117 e. The molecule has 1 aliphatic rings. The summed E-state index contributed by atoms with van der Waals surface area (Å²) in [5.41, 5.74) is 5.01. The van der Waals surface area contributed by atoms with Gasteiger partial charge in [0.1, 0.15) is 8.07 Å². The molecule has 0 unspecified atom stereocenters. The lowest BCUT2D eigenvalue weighted by Crippen LogP contribution is -2.46. The molecule has 2 rings (SSSR count). The summed E-state index contributed by atoms with van der Waals surface area (Å²) < 4.78 is 0. The monoisotopic (exact) mass is 290 g/mol. The fourth-order valence-electron chi connectivity index (χ4n) is 3.27. The van der Waals surface area contributed by atoms with Crippen molar-refractivity contribution in [2.24, 2.45) is 5.92 Å². The molecule has 0 aromatic heterocycles. The smallest absolute Gasteiger partial charge is 0.113 e. The van der Waals surface area contributed by atoms with Crippen LogP contribution in [0.2, 0.25) is 13.1 Å². The molecule has 19 heavy (non-hydrogen) atoms. The van der Waals surface area contributed by atoms with Gasteiger partial charge < -0.3 is 0 Å². The van der Waals surface area contributed by atoms with Crippen LogP contribution >= 0.6 is 11.6 Å². The predicted molar refractivity (Wildman–Crippen MR) is 87.6 cm³/mol. The van der Waals surface area contributed by atoms with Crippen LogP contribution in [0.3, 0.4) is 0 Å². The molecule has 0 aliphatic heterocycles. The Morgan fingerprint density at radius 3 is 2.37 bits per heavy atom. The molecule has 0 atom stereocenters. The summed E-state index contributed by atoms with van der Waals surface area (Å²) in [6, 6.07) is 10.9. The van der Waals surface area contributed by atoms with Crippen molar-refractivity contribution < 1.29 is 0 Å². The van der Waals surface area contributed by atoms with Gasteiger partial charge in [0.05, 0.1) is 0 Å². The van der Waals surface area contributed by atoms with Crippen molar-refractivity contribution in [1.29, 1.82) is 0 Å². The molecule has 2 heteroatoms. The van der Waals surface area contributed by atoms with E-state index in [2.05, 4.69) is 49.2 Å². The lowest BCUT2D eigenvalue weighted by Gasteiger charge is -2.33. The molecule has 1 aromatic carbocycles. The summed E-state index contributed by atoms with van der Waals surface area (Å²) >= 11 is 5.87. The first-order valence-electron chi connectivity index (χ1n) is 7.27. The van der Waals surface area contributed by atoms with Gasteiger partial charge in [0.15, 0.2) is 0 Å². The SMILES string of the molecule is C[Si](C)(C(=C=CCl)C1CCCCC1)c1ccccc1. The third-order valence-electron chi connectivity index (χ3n) is 4.39. The zero-order valence-corrected chi connectivity index (χ0v) is 13.7. The normalized spacial score (nSPS) is 16.8. The molecule has 1 aromatic rings. The Hall–Kier alpha value is -0.753. The van der Waals surface area contributed by atoms with Crippen LogP contribution in [0, 0.1) is 5.92 Å². The average molecular weight is 291 g/mol. The predicted octanol–water partition coefficient (Wildman–Crippen LogP) is 5.00. The lowest BCUT2D eigenvalue weighted by molar-refractivity contribution is 0.412. The number of halogens is 1. The van der Waals surface area contributed by atoms with Gasteiger partial charge in [0.2, 0.25) is 0 Å². The van der Waals surface area contributed by atoms with Crippen molar-refractivity contribution in [2.45, 2.75) is 45.2 Å². The van der Waals surface area contributed by atoms with E-state index in [1.54, 1.807) is 5.54 Å². The van der Waals surface area contributed by atoms with E-state index in [1.165, 1.54) is 42.5 Å². The number of allylic oxidation sites excluding steroid dienone is 1. The molecule has 102 valence electrons. The number of rotatable bonds is 3. The molecular weight excluding hydrogens is 268 g/mol. The minimum atomic E-state index is -1.63.